The average molecular weight is 382 g/mol. The fourth-order valence-electron chi connectivity index (χ4n) is 3.61. The Kier molecular flexibility index (Phi) is 3.35. The number of amides is 4. The van der Waals surface area contributed by atoms with Gasteiger partial charge in [0.25, 0.3) is 11.8 Å². The molecule has 0 aliphatic carbocycles. The van der Waals surface area contributed by atoms with E-state index in [0.717, 1.165) is 5.56 Å². The highest BCUT2D eigenvalue weighted by molar-refractivity contribution is 7.12. The third-order valence-corrected chi connectivity index (χ3v) is 5.93. The minimum atomic E-state index is -1.47. The van der Waals surface area contributed by atoms with Crippen LogP contribution in [0.1, 0.15) is 21.0 Å². The van der Waals surface area contributed by atoms with E-state index >= 15 is 0 Å². The molecule has 0 aromatic carbocycles. The maximum atomic E-state index is 12.9. The Bertz CT molecular complexity index is 1070. The molecule has 0 spiro atoms. The average Bonchev–Trinajstić information content (AvgIpc) is 3.35. The molecule has 5 rings (SSSR count). The van der Waals surface area contributed by atoms with Gasteiger partial charge in [-0.25, -0.2) is 4.79 Å². The quantitative estimate of drug-likeness (QED) is 0.670. The number of furan rings is 1. The molecule has 1 fully saturated rings. The first-order valence-electron chi connectivity index (χ1n) is 8.40. The number of rotatable bonds is 3. The van der Waals surface area contributed by atoms with Crippen molar-refractivity contribution in [1.29, 1.82) is 0 Å². The summed E-state index contributed by atoms with van der Waals surface area (Å²) in [6.45, 7) is 0.462. The van der Waals surface area contributed by atoms with Gasteiger partial charge in [0.15, 0.2) is 5.54 Å². The normalized spacial score (nSPS) is 22.1. The van der Waals surface area contributed by atoms with Crippen molar-refractivity contribution in [2.45, 2.75) is 12.0 Å². The Morgan fingerprint density at radius 1 is 1.30 bits per heavy atom. The van der Waals surface area contributed by atoms with Crippen LogP contribution in [-0.4, -0.2) is 40.8 Å². The second-order valence-corrected chi connectivity index (χ2v) is 7.51. The Hall–Kier alpha value is -3.20. The van der Waals surface area contributed by atoms with Crippen LogP contribution in [0.4, 0.5) is 4.79 Å². The van der Waals surface area contributed by atoms with Crippen molar-refractivity contribution in [3.05, 3.63) is 52.2 Å². The molecular formula is C18H14N4O4S. The highest BCUT2D eigenvalue weighted by Gasteiger charge is 2.52. The van der Waals surface area contributed by atoms with E-state index in [1.165, 1.54) is 11.3 Å². The summed E-state index contributed by atoms with van der Waals surface area (Å²) in [6.07, 6.45) is 3.91. The molecule has 0 unspecified atom stereocenters. The largest absolute Gasteiger partial charge is 0.458 e. The topological polar surface area (TPSA) is 105 Å². The maximum absolute atomic E-state index is 12.9. The van der Waals surface area contributed by atoms with Crippen LogP contribution in [0.25, 0.3) is 11.0 Å². The van der Waals surface area contributed by atoms with Gasteiger partial charge in [0.05, 0.1) is 11.4 Å². The van der Waals surface area contributed by atoms with Gasteiger partial charge in [0.2, 0.25) is 0 Å². The predicted octanol–water partition coefficient (Wildman–Crippen LogP) is 1.62. The summed E-state index contributed by atoms with van der Waals surface area (Å²) >= 11 is 1.38. The molecule has 2 aliphatic heterocycles. The lowest BCUT2D eigenvalue weighted by molar-refractivity contribution is -0.125. The van der Waals surface area contributed by atoms with Crippen LogP contribution in [-0.2, 0) is 16.8 Å². The summed E-state index contributed by atoms with van der Waals surface area (Å²) in [4.78, 5) is 43.9. The van der Waals surface area contributed by atoms with E-state index in [4.69, 9.17) is 4.42 Å². The van der Waals surface area contributed by atoms with Crippen LogP contribution in [0.3, 0.4) is 0 Å². The molecule has 1 atom stereocenters. The van der Waals surface area contributed by atoms with Crippen molar-refractivity contribution in [3.63, 3.8) is 0 Å². The predicted molar refractivity (Wildman–Crippen MR) is 96.3 cm³/mol. The molecule has 3 aromatic heterocycles. The van der Waals surface area contributed by atoms with Gasteiger partial charge in [0.1, 0.15) is 11.3 Å². The zero-order valence-corrected chi connectivity index (χ0v) is 14.8. The number of carbonyl (C=O) groups excluding carboxylic acids is 3. The number of hydrogen-bond donors (Lipinski definition) is 2. The zero-order chi connectivity index (χ0) is 18.6. The summed E-state index contributed by atoms with van der Waals surface area (Å²) in [7, 11) is 0. The molecule has 9 heteroatoms. The smallest absolute Gasteiger partial charge is 0.322 e. The van der Waals surface area contributed by atoms with Gasteiger partial charge in [-0.2, -0.15) is 0 Å². The summed E-state index contributed by atoms with van der Waals surface area (Å²) in [5, 5.41) is 7.55. The number of urea groups is 1. The standard InChI is InChI=1S/C18H14N4O4S/c23-15-14-10(3-6-27-14)2-5-22(15)9-18(16(24)20-17(25)21-18)13-7-11-8-19-4-1-12(11)26-13/h1,3-4,6-8H,2,5,9H2,(H2,20,21,24,25)/t18-/m0/s1. The van der Waals surface area contributed by atoms with E-state index in [-0.39, 0.29) is 18.2 Å². The van der Waals surface area contributed by atoms with E-state index in [1.807, 2.05) is 11.4 Å². The molecule has 8 nitrogen and oxygen atoms in total. The molecule has 0 radical (unpaired) electrons. The highest BCUT2D eigenvalue weighted by atomic mass is 32.1. The number of nitrogens with zero attached hydrogens (tertiary/aromatic N) is 2. The van der Waals surface area contributed by atoms with Crippen LogP contribution >= 0.6 is 11.3 Å². The Balaban J connectivity index is 1.57. The SMILES string of the molecule is O=C1NC(=O)[C@](CN2CCc3ccsc3C2=O)(c2cc3cnccc3o2)N1. The lowest BCUT2D eigenvalue weighted by Crippen LogP contribution is -2.54. The van der Waals surface area contributed by atoms with E-state index in [0.29, 0.717) is 28.8 Å². The second kappa shape index (κ2) is 5.65. The fourth-order valence-corrected chi connectivity index (χ4v) is 4.53. The molecule has 5 heterocycles. The highest BCUT2D eigenvalue weighted by Crippen LogP contribution is 2.33. The van der Waals surface area contributed by atoms with Crippen molar-refractivity contribution in [2.75, 3.05) is 13.1 Å². The molecule has 0 bridgehead atoms. The van der Waals surface area contributed by atoms with Crippen LogP contribution in [0, 0.1) is 0 Å². The summed E-state index contributed by atoms with van der Waals surface area (Å²) in [5.74, 6) is -0.403. The van der Waals surface area contributed by atoms with Crippen LogP contribution < -0.4 is 10.6 Å². The molecule has 4 amide bonds. The number of pyridine rings is 1. The lowest BCUT2D eigenvalue weighted by Gasteiger charge is -2.33. The Morgan fingerprint density at radius 3 is 2.96 bits per heavy atom. The fraction of sp³-hybridized carbons (Fsp3) is 0.222. The first-order chi connectivity index (χ1) is 13.1. The number of imide groups is 1. The van der Waals surface area contributed by atoms with E-state index in [2.05, 4.69) is 15.6 Å². The molecule has 3 aromatic rings. The summed E-state index contributed by atoms with van der Waals surface area (Å²) in [5.41, 5.74) is 0.101. The van der Waals surface area contributed by atoms with Crippen molar-refractivity contribution in [2.24, 2.45) is 0 Å². The minimum absolute atomic E-state index is 0.00596. The van der Waals surface area contributed by atoms with Crippen LogP contribution in [0.2, 0.25) is 0 Å². The first-order valence-corrected chi connectivity index (χ1v) is 9.28. The number of hydrogen-bond acceptors (Lipinski definition) is 6. The van der Waals surface area contributed by atoms with Gasteiger partial charge in [0, 0.05) is 24.3 Å². The van der Waals surface area contributed by atoms with Crippen molar-refractivity contribution in [3.8, 4) is 0 Å². The zero-order valence-electron chi connectivity index (χ0n) is 14.0. The summed E-state index contributed by atoms with van der Waals surface area (Å²) in [6, 6.07) is 4.70. The molecular weight excluding hydrogens is 368 g/mol. The Labute approximate surface area is 157 Å². The van der Waals surface area contributed by atoms with Gasteiger partial charge in [-0.05, 0) is 35.6 Å². The summed E-state index contributed by atoms with van der Waals surface area (Å²) < 4.78 is 5.85. The maximum Gasteiger partial charge on any atom is 0.322 e. The molecule has 0 saturated carbocycles. The molecule has 2 aliphatic rings. The van der Waals surface area contributed by atoms with Crippen LogP contribution in [0.5, 0.6) is 0 Å². The first kappa shape index (κ1) is 16.0. The van der Waals surface area contributed by atoms with E-state index in [9.17, 15) is 14.4 Å². The van der Waals surface area contributed by atoms with Gasteiger partial charge in [-0.3, -0.25) is 19.9 Å². The number of fused-ring (bicyclic) bond motifs is 2. The molecule has 136 valence electrons. The number of carbonyl (C=O) groups is 3. The van der Waals surface area contributed by atoms with Crippen LogP contribution in [0.15, 0.2) is 40.4 Å². The third-order valence-electron chi connectivity index (χ3n) is 4.99. The minimum Gasteiger partial charge on any atom is -0.458 e. The molecule has 27 heavy (non-hydrogen) atoms. The lowest BCUT2D eigenvalue weighted by atomic mass is 9.94. The number of thiophene rings is 1. The van der Waals surface area contributed by atoms with E-state index in [1.54, 1.807) is 29.4 Å². The number of nitrogens with one attached hydrogen (secondary N) is 2. The van der Waals surface area contributed by atoms with E-state index < -0.39 is 17.5 Å². The van der Waals surface area contributed by atoms with Gasteiger partial charge >= 0.3 is 6.03 Å². The van der Waals surface area contributed by atoms with Gasteiger partial charge < -0.3 is 14.6 Å². The molecule has 1 saturated heterocycles. The van der Waals surface area contributed by atoms with Crippen molar-refractivity contribution in [1.82, 2.24) is 20.5 Å². The van der Waals surface area contributed by atoms with Crippen molar-refractivity contribution >= 4 is 40.2 Å². The second-order valence-electron chi connectivity index (χ2n) is 6.59. The Morgan fingerprint density at radius 2 is 2.19 bits per heavy atom. The van der Waals surface area contributed by atoms with Gasteiger partial charge in [-0.15, -0.1) is 11.3 Å². The monoisotopic (exact) mass is 382 g/mol. The third kappa shape index (κ3) is 2.35. The molecule has 2 N–H and O–H groups in total. The van der Waals surface area contributed by atoms with Crippen molar-refractivity contribution < 1.29 is 18.8 Å². The number of aromatic nitrogens is 1. The van der Waals surface area contributed by atoms with Gasteiger partial charge in [-0.1, -0.05) is 0 Å².